The molecular weight excluding hydrogens is 410 g/mol. The summed E-state index contributed by atoms with van der Waals surface area (Å²) in [6, 6.07) is 8.65. The molecule has 0 fully saturated rings. The summed E-state index contributed by atoms with van der Waals surface area (Å²) in [5.41, 5.74) is 0.423. The van der Waals surface area contributed by atoms with E-state index in [1.54, 1.807) is 48.1 Å². The second-order valence-corrected chi connectivity index (χ2v) is 9.00. The number of rotatable bonds is 8. The molecule has 0 radical (unpaired) electrons. The molecule has 0 aliphatic heterocycles. The summed E-state index contributed by atoms with van der Waals surface area (Å²) in [7, 11) is 0. The van der Waals surface area contributed by atoms with Crippen LogP contribution in [0.3, 0.4) is 0 Å². The molecule has 0 bridgehead atoms. The number of hydrogen-bond donors (Lipinski definition) is 1. The zero-order chi connectivity index (χ0) is 21.0. The number of thioether (sulfide) groups is 1. The van der Waals surface area contributed by atoms with Gasteiger partial charge in [-0.2, -0.15) is 0 Å². The van der Waals surface area contributed by atoms with Gasteiger partial charge >= 0.3 is 0 Å². The maximum absolute atomic E-state index is 13.1. The zero-order valence-electron chi connectivity index (χ0n) is 16.6. The Morgan fingerprint density at radius 3 is 2.79 bits per heavy atom. The summed E-state index contributed by atoms with van der Waals surface area (Å²) in [6.45, 7) is 6.87. The van der Waals surface area contributed by atoms with Gasteiger partial charge in [0.2, 0.25) is 5.91 Å². The van der Waals surface area contributed by atoms with E-state index in [0.29, 0.717) is 45.8 Å². The van der Waals surface area contributed by atoms with E-state index in [9.17, 15) is 9.59 Å². The fraction of sp³-hybridized carbons (Fsp3) is 0.381. The van der Waals surface area contributed by atoms with Gasteiger partial charge in [-0.15, -0.1) is 0 Å². The summed E-state index contributed by atoms with van der Waals surface area (Å²) < 4.78 is 6.90. The molecule has 1 unspecified atom stereocenters. The van der Waals surface area contributed by atoms with Gasteiger partial charge in [0.15, 0.2) is 5.16 Å². The molecule has 0 spiro atoms. The van der Waals surface area contributed by atoms with Gasteiger partial charge in [-0.3, -0.25) is 14.2 Å². The number of hydrogen-bond acceptors (Lipinski definition) is 5. The number of carbonyl (C=O) groups is 1. The molecule has 1 atom stereocenters. The lowest BCUT2D eigenvalue weighted by Gasteiger charge is -2.17. The van der Waals surface area contributed by atoms with E-state index in [1.165, 1.54) is 11.8 Å². The summed E-state index contributed by atoms with van der Waals surface area (Å²) >= 11 is 7.35. The van der Waals surface area contributed by atoms with Crippen LogP contribution in [0.2, 0.25) is 5.02 Å². The Kier molecular flexibility index (Phi) is 7.03. The Hall–Kier alpha value is -2.25. The number of benzene rings is 1. The second-order valence-electron chi connectivity index (χ2n) is 7.25. The Morgan fingerprint density at radius 1 is 1.31 bits per heavy atom. The fourth-order valence-electron chi connectivity index (χ4n) is 2.79. The maximum Gasteiger partial charge on any atom is 0.262 e. The van der Waals surface area contributed by atoms with Crippen molar-refractivity contribution in [2.24, 2.45) is 5.92 Å². The highest BCUT2D eigenvalue weighted by Gasteiger charge is 2.20. The van der Waals surface area contributed by atoms with E-state index < -0.39 is 5.25 Å². The molecule has 1 N–H and O–H groups in total. The van der Waals surface area contributed by atoms with Crippen molar-refractivity contribution in [1.29, 1.82) is 0 Å². The van der Waals surface area contributed by atoms with Gasteiger partial charge in [-0.25, -0.2) is 4.98 Å². The highest BCUT2D eigenvalue weighted by Crippen LogP contribution is 2.24. The molecule has 0 saturated carbocycles. The third kappa shape index (κ3) is 5.42. The summed E-state index contributed by atoms with van der Waals surface area (Å²) in [4.78, 5) is 30.2. The average molecular weight is 434 g/mol. The summed E-state index contributed by atoms with van der Waals surface area (Å²) in [6.07, 6.45) is 2.41. The van der Waals surface area contributed by atoms with Crippen LogP contribution in [-0.2, 0) is 17.9 Å². The van der Waals surface area contributed by atoms with Crippen LogP contribution < -0.4 is 10.9 Å². The minimum Gasteiger partial charge on any atom is -0.467 e. The topological polar surface area (TPSA) is 77.1 Å². The van der Waals surface area contributed by atoms with Gasteiger partial charge in [0.25, 0.3) is 5.56 Å². The number of furan rings is 1. The predicted octanol–water partition coefficient (Wildman–Crippen LogP) is 4.49. The molecular formula is C21H24ClN3O3S. The SMILES string of the molecule is CC(C)CCn1c(SC(C)C(=O)NCc2ccco2)nc2cc(Cl)ccc2c1=O. The van der Waals surface area contributed by atoms with Crippen molar-refractivity contribution in [2.45, 2.75) is 50.7 Å². The molecule has 6 nitrogen and oxygen atoms in total. The smallest absolute Gasteiger partial charge is 0.262 e. The molecule has 154 valence electrons. The Labute approximate surface area is 178 Å². The number of nitrogens with one attached hydrogen (secondary N) is 1. The molecule has 0 saturated heterocycles. The van der Waals surface area contributed by atoms with Gasteiger partial charge in [0.1, 0.15) is 5.76 Å². The van der Waals surface area contributed by atoms with E-state index in [0.717, 1.165) is 6.42 Å². The predicted molar refractivity (Wildman–Crippen MR) is 116 cm³/mol. The lowest BCUT2D eigenvalue weighted by molar-refractivity contribution is -0.120. The molecule has 3 aromatic rings. The Bertz CT molecular complexity index is 1050. The molecule has 2 heterocycles. The number of nitrogens with zero attached hydrogens (tertiary/aromatic N) is 2. The van der Waals surface area contributed by atoms with Crippen molar-refractivity contribution in [3.8, 4) is 0 Å². The van der Waals surface area contributed by atoms with Crippen LogP contribution in [-0.4, -0.2) is 20.7 Å². The lowest BCUT2D eigenvalue weighted by atomic mass is 10.1. The average Bonchev–Trinajstić information content (AvgIpc) is 3.18. The first-order chi connectivity index (χ1) is 13.8. The highest BCUT2D eigenvalue weighted by molar-refractivity contribution is 8.00. The number of fused-ring (bicyclic) bond motifs is 1. The number of halogens is 1. The van der Waals surface area contributed by atoms with Crippen molar-refractivity contribution >= 4 is 40.2 Å². The van der Waals surface area contributed by atoms with Crippen molar-refractivity contribution in [2.75, 3.05) is 0 Å². The fourth-order valence-corrected chi connectivity index (χ4v) is 3.92. The minimum absolute atomic E-state index is 0.113. The zero-order valence-corrected chi connectivity index (χ0v) is 18.2. The molecule has 1 amide bonds. The van der Waals surface area contributed by atoms with Crippen LogP contribution in [0, 0.1) is 5.92 Å². The van der Waals surface area contributed by atoms with Crippen molar-refractivity contribution in [3.05, 3.63) is 57.7 Å². The standard InChI is InChI=1S/C21H24ClN3O3S/c1-13(2)8-9-25-20(27)17-7-6-15(22)11-18(17)24-21(25)29-14(3)19(26)23-12-16-5-4-10-28-16/h4-7,10-11,13-14H,8-9,12H2,1-3H3,(H,23,26). The number of amides is 1. The van der Waals surface area contributed by atoms with Gasteiger partial charge in [0.05, 0.1) is 29.0 Å². The lowest BCUT2D eigenvalue weighted by Crippen LogP contribution is -2.31. The van der Waals surface area contributed by atoms with Crippen molar-refractivity contribution in [1.82, 2.24) is 14.9 Å². The molecule has 3 rings (SSSR count). The third-order valence-electron chi connectivity index (χ3n) is 4.48. The molecule has 29 heavy (non-hydrogen) atoms. The van der Waals surface area contributed by atoms with E-state index >= 15 is 0 Å². The number of aromatic nitrogens is 2. The monoisotopic (exact) mass is 433 g/mol. The summed E-state index contributed by atoms with van der Waals surface area (Å²) in [5, 5.41) is 3.98. The van der Waals surface area contributed by atoms with Crippen molar-refractivity contribution in [3.63, 3.8) is 0 Å². The molecule has 2 aromatic heterocycles. The van der Waals surface area contributed by atoms with Gasteiger partial charge in [-0.1, -0.05) is 37.2 Å². The van der Waals surface area contributed by atoms with E-state index in [2.05, 4.69) is 24.1 Å². The molecule has 0 aliphatic carbocycles. The molecule has 0 aliphatic rings. The highest BCUT2D eigenvalue weighted by atomic mass is 35.5. The van der Waals surface area contributed by atoms with Crippen LogP contribution >= 0.6 is 23.4 Å². The number of carbonyl (C=O) groups excluding carboxylic acids is 1. The minimum atomic E-state index is -0.432. The van der Waals surface area contributed by atoms with Gasteiger partial charge < -0.3 is 9.73 Å². The second kappa shape index (κ2) is 9.50. The van der Waals surface area contributed by atoms with Crippen molar-refractivity contribution < 1.29 is 9.21 Å². The maximum atomic E-state index is 13.1. The first-order valence-electron chi connectivity index (χ1n) is 9.52. The van der Waals surface area contributed by atoms with E-state index in [-0.39, 0.29) is 11.5 Å². The van der Waals surface area contributed by atoms with Gasteiger partial charge in [0, 0.05) is 11.6 Å². The quantitative estimate of drug-likeness (QED) is 0.418. The third-order valence-corrected chi connectivity index (χ3v) is 5.81. The van der Waals surface area contributed by atoms with Crippen LogP contribution in [0.4, 0.5) is 0 Å². The largest absolute Gasteiger partial charge is 0.467 e. The van der Waals surface area contributed by atoms with E-state index in [4.69, 9.17) is 16.0 Å². The normalized spacial score (nSPS) is 12.4. The van der Waals surface area contributed by atoms with Crippen LogP contribution in [0.15, 0.2) is 51.0 Å². The Balaban J connectivity index is 1.86. The molecule has 8 heteroatoms. The van der Waals surface area contributed by atoms with Crippen LogP contribution in [0.5, 0.6) is 0 Å². The molecule has 1 aromatic carbocycles. The first kappa shape index (κ1) is 21.5. The van der Waals surface area contributed by atoms with Gasteiger partial charge in [-0.05, 0) is 49.6 Å². The first-order valence-corrected chi connectivity index (χ1v) is 10.8. The Morgan fingerprint density at radius 2 is 2.10 bits per heavy atom. The van der Waals surface area contributed by atoms with Crippen LogP contribution in [0.1, 0.15) is 33.0 Å². The van der Waals surface area contributed by atoms with Crippen LogP contribution in [0.25, 0.3) is 10.9 Å². The summed E-state index contributed by atoms with van der Waals surface area (Å²) in [5.74, 6) is 0.972. The van der Waals surface area contributed by atoms with E-state index in [1.807, 2.05) is 0 Å².